The lowest BCUT2D eigenvalue weighted by Crippen LogP contribution is -2.18. The molecule has 0 saturated carbocycles. The second kappa shape index (κ2) is 4.76. The molecule has 5 nitrogen and oxygen atoms in total. The predicted octanol–water partition coefficient (Wildman–Crippen LogP) is 2.26. The zero-order chi connectivity index (χ0) is 14.3. The number of aromatic nitrogens is 4. The number of H-pyrrole nitrogens is 1. The maximum atomic E-state index is 5.91. The van der Waals surface area contributed by atoms with Crippen LogP contribution in [0.3, 0.4) is 0 Å². The zero-order valence-electron chi connectivity index (χ0n) is 12.0. The molecule has 104 valence electrons. The van der Waals surface area contributed by atoms with Crippen molar-refractivity contribution in [3.8, 4) is 5.95 Å². The highest BCUT2D eigenvalue weighted by atomic mass is 15.4. The Labute approximate surface area is 117 Å². The normalized spacial score (nSPS) is 13.0. The third-order valence-corrected chi connectivity index (χ3v) is 3.54. The highest BCUT2D eigenvalue weighted by Crippen LogP contribution is 2.19. The number of aryl methyl sites for hydroxylation is 1. The van der Waals surface area contributed by atoms with Crippen LogP contribution in [0.1, 0.15) is 23.9 Å². The number of hydrogen-bond donors (Lipinski definition) is 2. The number of hydrogen-bond acceptors (Lipinski definition) is 3. The Kier molecular flexibility index (Phi) is 3.06. The number of imidazole rings is 1. The van der Waals surface area contributed by atoms with E-state index in [0.29, 0.717) is 0 Å². The molecule has 0 aliphatic carbocycles. The summed E-state index contributed by atoms with van der Waals surface area (Å²) in [6.45, 7) is 6.09. The largest absolute Gasteiger partial charge is 0.328 e. The zero-order valence-corrected chi connectivity index (χ0v) is 12.0. The van der Waals surface area contributed by atoms with Crippen molar-refractivity contribution in [1.82, 2.24) is 19.7 Å². The summed E-state index contributed by atoms with van der Waals surface area (Å²) in [6.07, 6.45) is 0.831. The monoisotopic (exact) mass is 269 g/mol. The second-order valence-electron chi connectivity index (χ2n) is 5.32. The molecule has 5 heteroatoms. The van der Waals surface area contributed by atoms with E-state index < -0.39 is 0 Å². The molecule has 1 aromatic carbocycles. The minimum Gasteiger partial charge on any atom is -0.328 e. The van der Waals surface area contributed by atoms with Gasteiger partial charge in [-0.3, -0.25) is 0 Å². The summed E-state index contributed by atoms with van der Waals surface area (Å²) in [7, 11) is 0. The number of para-hydroxylation sites is 2. The van der Waals surface area contributed by atoms with Crippen molar-refractivity contribution in [3.63, 3.8) is 0 Å². The summed E-state index contributed by atoms with van der Waals surface area (Å²) in [5.74, 6) is 0.753. The van der Waals surface area contributed by atoms with Crippen LogP contribution >= 0.6 is 0 Å². The van der Waals surface area contributed by atoms with Gasteiger partial charge < -0.3 is 10.7 Å². The van der Waals surface area contributed by atoms with E-state index in [4.69, 9.17) is 5.73 Å². The van der Waals surface area contributed by atoms with Gasteiger partial charge in [-0.15, -0.1) is 0 Å². The Hall–Kier alpha value is -2.14. The molecule has 0 bridgehead atoms. The third-order valence-electron chi connectivity index (χ3n) is 3.54. The standard InChI is InChI=1S/C15H19N5/c1-9(16)8-12-10(2)19-20(11(12)3)15-17-13-6-4-5-7-14(13)18-15/h4-7,9H,8,16H2,1-3H3,(H,17,18). The van der Waals surface area contributed by atoms with Crippen LogP contribution in [0, 0.1) is 13.8 Å². The molecule has 1 unspecified atom stereocenters. The lowest BCUT2D eigenvalue weighted by Gasteiger charge is -2.05. The number of nitrogens with zero attached hydrogens (tertiary/aromatic N) is 3. The fraction of sp³-hybridized carbons (Fsp3) is 0.333. The Morgan fingerprint density at radius 1 is 1.30 bits per heavy atom. The molecular formula is C15H19N5. The summed E-state index contributed by atoms with van der Waals surface area (Å²) in [5, 5.41) is 4.60. The number of fused-ring (bicyclic) bond motifs is 1. The number of aromatic amines is 1. The first-order valence-electron chi connectivity index (χ1n) is 6.82. The number of rotatable bonds is 3. The molecule has 0 saturated heterocycles. The third kappa shape index (κ3) is 2.10. The van der Waals surface area contributed by atoms with Crippen LogP contribution in [-0.4, -0.2) is 25.8 Å². The van der Waals surface area contributed by atoms with Gasteiger partial charge in [0.2, 0.25) is 5.95 Å². The Balaban J connectivity index is 2.10. The topological polar surface area (TPSA) is 72.5 Å². The summed E-state index contributed by atoms with van der Waals surface area (Å²) < 4.78 is 1.87. The first-order chi connectivity index (χ1) is 9.56. The van der Waals surface area contributed by atoms with Crippen LogP contribution in [0.4, 0.5) is 0 Å². The molecule has 0 fully saturated rings. The summed E-state index contributed by atoms with van der Waals surface area (Å²) >= 11 is 0. The molecule has 1 atom stereocenters. The van der Waals surface area contributed by atoms with Crippen LogP contribution in [0.15, 0.2) is 24.3 Å². The molecule has 3 N–H and O–H groups in total. The molecular weight excluding hydrogens is 250 g/mol. The number of nitrogens with two attached hydrogens (primary N) is 1. The van der Waals surface area contributed by atoms with Crippen molar-refractivity contribution in [2.24, 2.45) is 5.73 Å². The maximum Gasteiger partial charge on any atom is 0.229 e. The average Bonchev–Trinajstić information content (AvgIpc) is 2.94. The van der Waals surface area contributed by atoms with E-state index in [1.807, 2.05) is 42.8 Å². The van der Waals surface area contributed by atoms with E-state index in [1.165, 1.54) is 5.56 Å². The van der Waals surface area contributed by atoms with Gasteiger partial charge in [0.05, 0.1) is 16.7 Å². The molecule has 0 radical (unpaired) electrons. The van der Waals surface area contributed by atoms with Gasteiger partial charge in [-0.1, -0.05) is 12.1 Å². The van der Waals surface area contributed by atoms with Gasteiger partial charge >= 0.3 is 0 Å². The van der Waals surface area contributed by atoms with Crippen LogP contribution in [0.5, 0.6) is 0 Å². The lowest BCUT2D eigenvalue weighted by atomic mass is 10.1. The highest BCUT2D eigenvalue weighted by molar-refractivity contribution is 5.75. The molecule has 0 spiro atoms. The van der Waals surface area contributed by atoms with E-state index in [2.05, 4.69) is 22.0 Å². The van der Waals surface area contributed by atoms with Crippen molar-refractivity contribution in [1.29, 1.82) is 0 Å². The summed E-state index contributed by atoms with van der Waals surface area (Å²) in [5.41, 5.74) is 11.2. The molecule has 0 amide bonds. The smallest absolute Gasteiger partial charge is 0.229 e. The van der Waals surface area contributed by atoms with Gasteiger partial charge in [0, 0.05) is 11.7 Å². The number of benzene rings is 1. The van der Waals surface area contributed by atoms with E-state index in [9.17, 15) is 0 Å². The van der Waals surface area contributed by atoms with Gasteiger partial charge in [-0.25, -0.2) is 9.67 Å². The van der Waals surface area contributed by atoms with Gasteiger partial charge in [0.1, 0.15) is 0 Å². The Bertz CT molecular complexity index is 718. The SMILES string of the molecule is Cc1nn(-c2nc3ccccc3[nH]2)c(C)c1CC(C)N. The molecule has 20 heavy (non-hydrogen) atoms. The van der Waals surface area contributed by atoms with Crippen LogP contribution in [0.2, 0.25) is 0 Å². The van der Waals surface area contributed by atoms with E-state index in [0.717, 1.165) is 34.8 Å². The van der Waals surface area contributed by atoms with Crippen molar-refractivity contribution in [2.45, 2.75) is 33.2 Å². The van der Waals surface area contributed by atoms with Gasteiger partial charge in [-0.05, 0) is 44.9 Å². The minimum atomic E-state index is 0.126. The minimum absolute atomic E-state index is 0.126. The molecule has 2 aromatic heterocycles. The Morgan fingerprint density at radius 2 is 2.05 bits per heavy atom. The van der Waals surface area contributed by atoms with Gasteiger partial charge in [-0.2, -0.15) is 5.10 Å². The first-order valence-corrected chi connectivity index (χ1v) is 6.82. The van der Waals surface area contributed by atoms with E-state index >= 15 is 0 Å². The predicted molar refractivity (Wildman–Crippen MR) is 80.0 cm³/mol. The Morgan fingerprint density at radius 3 is 2.75 bits per heavy atom. The van der Waals surface area contributed by atoms with Crippen molar-refractivity contribution in [2.75, 3.05) is 0 Å². The van der Waals surface area contributed by atoms with Gasteiger partial charge in [0.25, 0.3) is 0 Å². The molecule has 0 aliphatic rings. The van der Waals surface area contributed by atoms with Crippen LogP contribution in [-0.2, 0) is 6.42 Å². The van der Waals surface area contributed by atoms with Crippen molar-refractivity contribution in [3.05, 3.63) is 41.2 Å². The van der Waals surface area contributed by atoms with E-state index in [1.54, 1.807) is 0 Å². The molecule has 2 heterocycles. The lowest BCUT2D eigenvalue weighted by molar-refractivity contribution is 0.729. The molecule has 3 rings (SSSR count). The van der Waals surface area contributed by atoms with Crippen molar-refractivity contribution >= 4 is 11.0 Å². The molecule has 0 aliphatic heterocycles. The van der Waals surface area contributed by atoms with Crippen LogP contribution in [0.25, 0.3) is 17.0 Å². The quantitative estimate of drug-likeness (QED) is 0.766. The maximum absolute atomic E-state index is 5.91. The fourth-order valence-corrected chi connectivity index (χ4v) is 2.54. The van der Waals surface area contributed by atoms with Gasteiger partial charge in [0.15, 0.2) is 0 Å². The summed E-state index contributed by atoms with van der Waals surface area (Å²) in [6, 6.07) is 8.10. The summed E-state index contributed by atoms with van der Waals surface area (Å²) in [4.78, 5) is 7.90. The molecule has 3 aromatic rings. The fourth-order valence-electron chi connectivity index (χ4n) is 2.54. The number of nitrogens with one attached hydrogen (secondary N) is 1. The van der Waals surface area contributed by atoms with Crippen LogP contribution < -0.4 is 5.73 Å². The van der Waals surface area contributed by atoms with E-state index in [-0.39, 0.29) is 6.04 Å². The average molecular weight is 269 g/mol. The first kappa shape index (κ1) is 12.9. The highest BCUT2D eigenvalue weighted by Gasteiger charge is 2.16. The second-order valence-corrected chi connectivity index (χ2v) is 5.32. The van der Waals surface area contributed by atoms with Crippen molar-refractivity contribution < 1.29 is 0 Å².